The molecule has 2 aromatic carbocycles. The largest absolute Gasteiger partial charge is 0.467 e. The Balaban J connectivity index is 1.51. The Labute approximate surface area is 178 Å². The van der Waals surface area contributed by atoms with Crippen molar-refractivity contribution in [2.24, 2.45) is 0 Å². The fraction of sp³-hybridized carbons (Fsp3) is 0.182. The van der Waals surface area contributed by atoms with Gasteiger partial charge in [0.25, 0.3) is 5.91 Å². The zero-order valence-electron chi connectivity index (χ0n) is 15.6. The number of hydrogen-bond acceptors (Lipinski definition) is 4. The number of fused-ring (bicyclic) bond motifs is 1. The van der Waals surface area contributed by atoms with E-state index in [1.807, 2.05) is 30.3 Å². The molecule has 29 heavy (non-hydrogen) atoms. The van der Waals surface area contributed by atoms with Crippen LogP contribution in [0, 0.1) is 0 Å². The van der Waals surface area contributed by atoms with Crippen LogP contribution in [0.5, 0.6) is 0 Å². The van der Waals surface area contributed by atoms with Crippen molar-refractivity contribution in [1.82, 2.24) is 5.32 Å². The summed E-state index contributed by atoms with van der Waals surface area (Å²) in [6, 6.07) is 16.7. The van der Waals surface area contributed by atoms with Crippen LogP contribution in [-0.4, -0.2) is 24.1 Å². The fourth-order valence-corrected chi connectivity index (χ4v) is 4.35. The van der Waals surface area contributed by atoms with Crippen molar-refractivity contribution in [2.45, 2.75) is 17.9 Å². The average molecular weight is 427 g/mol. The summed E-state index contributed by atoms with van der Waals surface area (Å²) in [5.41, 5.74) is 2.27. The molecule has 5 nitrogen and oxygen atoms in total. The first-order chi connectivity index (χ1) is 14.1. The lowest BCUT2D eigenvalue weighted by Gasteiger charge is -2.29. The lowest BCUT2D eigenvalue weighted by Crippen LogP contribution is -2.37. The molecular formula is C22H19ClN2O3S. The second kappa shape index (κ2) is 8.76. The number of furan rings is 1. The Morgan fingerprint density at radius 2 is 2.03 bits per heavy atom. The normalized spacial score (nSPS) is 13.3. The van der Waals surface area contributed by atoms with Gasteiger partial charge in [-0.1, -0.05) is 29.8 Å². The topological polar surface area (TPSA) is 62.6 Å². The van der Waals surface area contributed by atoms with Gasteiger partial charge in [0.1, 0.15) is 5.76 Å². The van der Waals surface area contributed by atoms with Crippen LogP contribution in [0.4, 0.5) is 5.69 Å². The molecule has 7 heteroatoms. The molecule has 2 amide bonds. The number of hydrogen-bond donors (Lipinski definition) is 1. The van der Waals surface area contributed by atoms with E-state index in [2.05, 4.69) is 5.32 Å². The molecule has 0 saturated heterocycles. The number of anilines is 1. The zero-order chi connectivity index (χ0) is 20.2. The van der Waals surface area contributed by atoms with E-state index in [9.17, 15) is 9.59 Å². The van der Waals surface area contributed by atoms with E-state index in [0.29, 0.717) is 41.6 Å². The number of carbonyl (C=O) groups is 2. The van der Waals surface area contributed by atoms with Crippen LogP contribution in [0.1, 0.15) is 21.7 Å². The number of amides is 2. The maximum atomic E-state index is 12.6. The molecule has 1 N–H and O–H groups in total. The van der Waals surface area contributed by atoms with Gasteiger partial charge >= 0.3 is 0 Å². The Kier molecular flexibility index (Phi) is 5.92. The predicted molar refractivity (Wildman–Crippen MR) is 115 cm³/mol. The molecule has 0 saturated carbocycles. The van der Waals surface area contributed by atoms with Gasteiger partial charge in [-0.25, -0.2) is 0 Å². The molecule has 0 atom stereocenters. The number of halogens is 1. The predicted octanol–water partition coefficient (Wildman–Crippen LogP) is 4.54. The summed E-state index contributed by atoms with van der Waals surface area (Å²) in [6.45, 7) is 0.820. The minimum atomic E-state index is -0.210. The van der Waals surface area contributed by atoms with Crippen molar-refractivity contribution in [3.05, 3.63) is 82.8 Å². The minimum Gasteiger partial charge on any atom is -0.467 e. The van der Waals surface area contributed by atoms with Crippen molar-refractivity contribution in [3.8, 4) is 0 Å². The Hall–Kier alpha value is -2.70. The maximum Gasteiger partial charge on any atom is 0.251 e. The highest BCUT2D eigenvalue weighted by molar-refractivity contribution is 8.00. The van der Waals surface area contributed by atoms with Crippen LogP contribution in [0.3, 0.4) is 0 Å². The lowest BCUT2D eigenvalue weighted by atomic mass is 10.1. The average Bonchev–Trinajstić information content (AvgIpc) is 3.26. The number of carbonyl (C=O) groups excluding carboxylic acids is 2. The van der Waals surface area contributed by atoms with Gasteiger partial charge in [-0.3, -0.25) is 9.59 Å². The van der Waals surface area contributed by atoms with Gasteiger partial charge in [-0.05, 0) is 48.4 Å². The van der Waals surface area contributed by atoms with E-state index in [1.54, 1.807) is 35.4 Å². The third-order valence-corrected chi connectivity index (χ3v) is 6.15. The highest BCUT2D eigenvalue weighted by atomic mass is 35.5. The second-order valence-electron chi connectivity index (χ2n) is 6.62. The molecule has 0 aliphatic carbocycles. The van der Waals surface area contributed by atoms with E-state index in [-0.39, 0.29) is 11.8 Å². The molecular weight excluding hydrogens is 408 g/mol. The molecule has 0 unspecified atom stereocenters. The molecule has 148 valence electrons. The third-order valence-electron chi connectivity index (χ3n) is 4.73. The summed E-state index contributed by atoms with van der Waals surface area (Å²) in [7, 11) is 0. The summed E-state index contributed by atoms with van der Waals surface area (Å²) in [6.07, 6.45) is 2.21. The standard InChI is InChI=1S/C22H19ClN2O3S/c23-18-6-2-1-4-15(18)9-10-25-19-12-16(7-8-20(19)29-14-21(25)26)22(27)24-13-17-5-3-11-28-17/h1-8,11-12H,9-10,13-14H2,(H,24,27). The van der Waals surface area contributed by atoms with Gasteiger partial charge in [0.2, 0.25) is 5.91 Å². The van der Waals surface area contributed by atoms with Crippen LogP contribution < -0.4 is 10.2 Å². The van der Waals surface area contributed by atoms with E-state index in [1.165, 1.54) is 11.8 Å². The first-order valence-corrected chi connectivity index (χ1v) is 10.6. The van der Waals surface area contributed by atoms with Gasteiger partial charge in [0, 0.05) is 22.0 Å². The number of rotatable bonds is 6. The fourth-order valence-electron chi connectivity index (χ4n) is 3.20. The molecule has 0 bridgehead atoms. The summed E-state index contributed by atoms with van der Waals surface area (Å²) in [4.78, 5) is 27.9. The van der Waals surface area contributed by atoms with Crippen molar-refractivity contribution in [2.75, 3.05) is 17.2 Å². The molecule has 3 aromatic rings. The maximum absolute atomic E-state index is 12.6. The molecule has 1 aliphatic rings. The Bertz CT molecular complexity index is 1040. The van der Waals surface area contributed by atoms with E-state index >= 15 is 0 Å². The number of nitrogens with zero attached hydrogens (tertiary/aromatic N) is 1. The highest BCUT2D eigenvalue weighted by Crippen LogP contribution is 2.36. The molecule has 1 aliphatic heterocycles. The number of nitrogens with one attached hydrogen (secondary N) is 1. The van der Waals surface area contributed by atoms with Crippen molar-refractivity contribution >= 4 is 40.9 Å². The van der Waals surface area contributed by atoms with Gasteiger partial charge in [-0.2, -0.15) is 0 Å². The van der Waals surface area contributed by atoms with Crippen LogP contribution in [-0.2, 0) is 17.8 Å². The van der Waals surface area contributed by atoms with Gasteiger partial charge in [-0.15, -0.1) is 11.8 Å². The summed E-state index contributed by atoms with van der Waals surface area (Å²) in [5, 5.41) is 3.53. The lowest BCUT2D eigenvalue weighted by molar-refractivity contribution is -0.116. The summed E-state index contributed by atoms with van der Waals surface area (Å²) in [5.74, 6) is 0.893. The number of benzene rings is 2. The monoisotopic (exact) mass is 426 g/mol. The molecule has 0 fully saturated rings. The molecule has 0 spiro atoms. The van der Waals surface area contributed by atoms with Crippen molar-refractivity contribution < 1.29 is 14.0 Å². The van der Waals surface area contributed by atoms with E-state index in [4.69, 9.17) is 16.0 Å². The van der Waals surface area contributed by atoms with E-state index < -0.39 is 0 Å². The Morgan fingerprint density at radius 1 is 1.17 bits per heavy atom. The molecule has 1 aromatic heterocycles. The van der Waals surface area contributed by atoms with Gasteiger partial charge in [0.15, 0.2) is 0 Å². The number of thioether (sulfide) groups is 1. The van der Waals surface area contributed by atoms with Crippen LogP contribution in [0.15, 0.2) is 70.2 Å². The van der Waals surface area contributed by atoms with Gasteiger partial charge < -0.3 is 14.6 Å². The highest BCUT2D eigenvalue weighted by Gasteiger charge is 2.25. The first-order valence-electron chi connectivity index (χ1n) is 9.23. The van der Waals surface area contributed by atoms with E-state index in [0.717, 1.165) is 16.1 Å². The minimum absolute atomic E-state index is 0.0303. The molecule has 0 radical (unpaired) electrons. The SMILES string of the molecule is O=C(NCc1ccco1)c1ccc2c(c1)N(CCc1ccccc1Cl)C(=O)CS2. The van der Waals surface area contributed by atoms with Gasteiger partial charge in [0.05, 0.1) is 24.2 Å². The molecule has 2 heterocycles. The van der Waals surface area contributed by atoms with Crippen LogP contribution in [0.2, 0.25) is 5.02 Å². The Morgan fingerprint density at radius 3 is 2.83 bits per heavy atom. The first kappa shape index (κ1) is 19.6. The van der Waals surface area contributed by atoms with Crippen LogP contribution >= 0.6 is 23.4 Å². The van der Waals surface area contributed by atoms with Crippen molar-refractivity contribution in [3.63, 3.8) is 0 Å². The summed E-state index contributed by atoms with van der Waals surface area (Å²) >= 11 is 7.75. The third kappa shape index (κ3) is 4.49. The smallest absolute Gasteiger partial charge is 0.251 e. The van der Waals surface area contributed by atoms with Crippen LogP contribution in [0.25, 0.3) is 0 Å². The molecule has 4 rings (SSSR count). The zero-order valence-corrected chi connectivity index (χ0v) is 17.1. The quantitative estimate of drug-likeness (QED) is 0.628. The second-order valence-corrected chi connectivity index (χ2v) is 8.04. The van der Waals surface area contributed by atoms with Crippen molar-refractivity contribution in [1.29, 1.82) is 0 Å². The summed E-state index contributed by atoms with van der Waals surface area (Å²) < 4.78 is 5.24.